The van der Waals surface area contributed by atoms with Crippen LogP contribution < -0.4 is 16.0 Å². The predicted octanol–water partition coefficient (Wildman–Crippen LogP) is 5.80. The van der Waals surface area contributed by atoms with Gasteiger partial charge in [-0.05, 0) is 61.7 Å². The maximum Gasteiger partial charge on any atom is 0.233 e. The molecule has 0 bridgehead atoms. The molecule has 180 valence electrons. The Hall–Kier alpha value is -2.93. The molecule has 2 aromatic carbocycles. The quantitative estimate of drug-likeness (QED) is 0.368. The molecule has 7 heteroatoms. The fraction of sp³-hybridized carbons (Fsp3) is 0.519. The monoisotopic (exact) mass is 459 g/mol. The maximum atomic E-state index is 4.76. The highest BCUT2D eigenvalue weighted by Gasteiger charge is 2.23. The van der Waals surface area contributed by atoms with Gasteiger partial charge in [-0.2, -0.15) is 15.0 Å². The summed E-state index contributed by atoms with van der Waals surface area (Å²) < 4.78 is 0. The van der Waals surface area contributed by atoms with Crippen LogP contribution in [0, 0.1) is 0 Å². The van der Waals surface area contributed by atoms with E-state index in [2.05, 4.69) is 70.2 Å². The van der Waals surface area contributed by atoms with E-state index in [0.29, 0.717) is 29.9 Å². The topological polar surface area (TPSA) is 78.0 Å². The fourth-order valence-electron chi connectivity index (χ4n) is 5.33. The van der Waals surface area contributed by atoms with Crippen molar-refractivity contribution in [2.75, 3.05) is 35.6 Å². The van der Waals surface area contributed by atoms with Gasteiger partial charge in [0.2, 0.25) is 17.8 Å². The van der Waals surface area contributed by atoms with E-state index in [1.807, 2.05) is 0 Å². The van der Waals surface area contributed by atoms with Gasteiger partial charge in [-0.1, -0.05) is 62.9 Å². The predicted molar refractivity (Wildman–Crippen MR) is 141 cm³/mol. The van der Waals surface area contributed by atoms with Gasteiger partial charge in [0.25, 0.3) is 0 Å². The smallest absolute Gasteiger partial charge is 0.233 e. The molecule has 2 aliphatic rings. The van der Waals surface area contributed by atoms with E-state index in [1.165, 1.54) is 68.7 Å². The minimum Gasteiger partial charge on any atom is -0.352 e. The standard InChI is InChI=1S/C27H37N7/c1-2-34-17-9-14-24(34)19-28-25-31-26(29-22-12-5-3-4-6-13-22)33-27(32-25)30-23-16-15-20-10-7-8-11-21(20)18-23/h7-8,10-11,15-16,18,22,24H,2-6,9,12-14,17,19H2,1H3,(H3,28,29,30,31,32,33). The second-order valence-electron chi connectivity index (χ2n) is 9.63. The van der Waals surface area contributed by atoms with Gasteiger partial charge in [-0.25, -0.2) is 0 Å². The van der Waals surface area contributed by atoms with Gasteiger partial charge in [-0.3, -0.25) is 4.90 Å². The second kappa shape index (κ2) is 11.0. The van der Waals surface area contributed by atoms with Crippen molar-refractivity contribution in [2.45, 2.75) is 70.4 Å². The van der Waals surface area contributed by atoms with Crippen molar-refractivity contribution in [2.24, 2.45) is 0 Å². The number of hydrogen-bond donors (Lipinski definition) is 3. The Morgan fingerprint density at radius 1 is 0.824 bits per heavy atom. The summed E-state index contributed by atoms with van der Waals surface area (Å²) in [6.07, 6.45) is 10.0. The minimum absolute atomic E-state index is 0.427. The zero-order valence-corrected chi connectivity index (χ0v) is 20.3. The molecule has 1 aliphatic carbocycles. The molecule has 3 N–H and O–H groups in total. The minimum atomic E-state index is 0.427. The van der Waals surface area contributed by atoms with Gasteiger partial charge in [0, 0.05) is 24.3 Å². The zero-order chi connectivity index (χ0) is 23.2. The molecule has 0 radical (unpaired) electrons. The van der Waals surface area contributed by atoms with Crippen LogP contribution in [0.1, 0.15) is 58.3 Å². The van der Waals surface area contributed by atoms with Crippen LogP contribution in [0.25, 0.3) is 10.8 Å². The van der Waals surface area contributed by atoms with Crippen LogP contribution in [0.3, 0.4) is 0 Å². The lowest BCUT2D eigenvalue weighted by Gasteiger charge is -2.23. The second-order valence-corrected chi connectivity index (χ2v) is 9.63. The van der Waals surface area contributed by atoms with Crippen LogP contribution in [0.5, 0.6) is 0 Å². The summed E-state index contributed by atoms with van der Waals surface area (Å²) in [6.45, 7) is 5.37. The number of anilines is 4. The third kappa shape index (κ3) is 5.76. The number of likely N-dealkylation sites (N-methyl/N-ethyl adjacent to an activating group) is 1. The van der Waals surface area contributed by atoms with Gasteiger partial charge < -0.3 is 16.0 Å². The lowest BCUT2D eigenvalue weighted by Crippen LogP contribution is -2.35. The van der Waals surface area contributed by atoms with E-state index < -0.39 is 0 Å². The van der Waals surface area contributed by atoms with E-state index in [4.69, 9.17) is 15.0 Å². The van der Waals surface area contributed by atoms with Crippen LogP contribution in [0.2, 0.25) is 0 Å². The van der Waals surface area contributed by atoms with E-state index >= 15 is 0 Å². The number of benzene rings is 2. The Kier molecular flexibility index (Phi) is 7.39. The number of fused-ring (bicyclic) bond motifs is 1. The van der Waals surface area contributed by atoms with Crippen molar-refractivity contribution in [1.82, 2.24) is 19.9 Å². The number of aromatic nitrogens is 3. The number of nitrogens with zero attached hydrogens (tertiary/aromatic N) is 4. The molecule has 1 aromatic heterocycles. The largest absolute Gasteiger partial charge is 0.352 e. The Morgan fingerprint density at radius 3 is 2.41 bits per heavy atom. The lowest BCUT2D eigenvalue weighted by molar-refractivity contribution is 0.277. The first-order valence-electron chi connectivity index (χ1n) is 13.0. The third-order valence-corrected chi connectivity index (χ3v) is 7.23. The highest BCUT2D eigenvalue weighted by atomic mass is 15.3. The molecule has 0 spiro atoms. The lowest BCUT2D eigenvalue weighted by atomic mass is 10.1. The first-order chi connectivity index (χ1) is 16.8. The van der Waals surface area contributed by atoms with Crippen molar-refractivity contribution in [3.8, 4) is 0 Å². The first kappa shape index (κ1) is 22.8. The summed E-state index contributed by atoms with van der Waals surface area (Å²) in [5, 5.41) is 13.0. The van der Waals surface area contributed by atoms with Crippen molar-refractivity contribution in [3.05, 3.63) is 42.5 Å². The van der Waals surface area contributed by atoms with Crippen LogP contribution in [-0.2, 0) is 0 Å². The highest BCUT2D eigenvalue weighted by molar-refractivity contribution is 5.86. The average molecular weight is 460 g/mol. The molecular weight excluding hydrogens is 422 g/mol. The molecule has 1 atom stereocenters. The maximum absolute atomic E-state index is 4.76. The summed E-state index contributed by atoms with van der Waals surface area (Å²) in [6, 6.07) is 15.7. The van der Waals surface area contributed by atoms with Gasteiger partial charge in [0.15, 0.2) is 0 Å². The van der Waals surface area contributed by atoms with Crippen molar-refractivity contribution in [1.29, 1.82) is 0 Å². The number of hydrogen-bond acceptors (Lipinski definition) is 7. The zero-order valence-electron chi connectivity index (χ0n) is 20.3. The summed E-state index contributed by atoms with van der Waals surface area (Å²) in [4.78, 5) is 16.8. The van der Waals surface area contributed by atoms with E-state index in [-0.39, 0.29) is 0 Å². The van der Waals surface area contributed by atoms with Gasteiger partial charge >= 0.3 is 0 Å². The van der Waals surface area contributed by atoms with Gasteiger partial charge in [-0.15, -0.1) is 0 Å². The van der Waals surface area contributed by atoms with Crippen molar-refractivity contribution in [3.63, 3.8) is 0 Å². The van der Waals surface area contributed by atoms with Gasteiger partial charge in [0.05, 0.1) is 0 Å². The molecule has 5 rings (SSSR count). The summed E-state index contributed by atoms with van der Waals surface area (Å²) in [7, 11) is 0. The molecule has 3 aromatic rings. The molecule has 1 saturated carbocycles. The summed E-state index contributed by atoms with van der Waals surface area (Å²) in [5.41, 5.74) is 0.976. The molecule has 7 nitrogen and oxygen atoms in total. The summed E-state index contributed by atoms with van der Waals surface area (Å²) in [5.74, 6) is 1.87. The number of likely N-dealkylation sites (tertiary alicyclic amines) is 1. The molecule has 0 amide bonds. The average Bonchev–Trinajstić information content (AvgIpc) is 3.17. The SMILES string of the molecule is CCN1CCCC1CNc1nc(Nc2ccc3ccccc3c2)nc(NC2CCCCCC2)n1. The highest BCUT2D eigenvalue weighted by Crippen LogP contribution is 2.24. The molecular formula is C27H37N7. The molecule has 34 heavy (non-hydrogen) atoms. The van der Waals surface area contributed by atoms with Crippen LogP contribution in [-0.4, -0.2) is 51.6 Å². The van der Waals surface area contributed by atoms with Crippen molar-refractivity contribution < 1.29 is 0 Å². The Bertz CT molecular complexity index is 1080. The van der Waals surface area contributed by atoms with Crippen LogP contribution in [0.15, 0.2) is 42.5 Å². The van der Waals surface area contributed by atoms with Crippen LogP contribution >= 0.6 is 0 Å². The van der Waals surface area contributed by atoms with E-state index in [0.717, 1.165) is 18.8 Å². The van der Waals surface area contributed by atoms with Crippen molar-refractivity contribution >= 4 is 34.3 Å². The fourth-order valence-corrected chi connectivity index (χ4v) is 5.33. The third-order valence-electron chi connectivity index (χ3n) is 7.23. The molecule has 1 aliphatic heterocycles. The summed E-state index contributed by atoms with van der Waals surface area (Å²) >= 11 is 0. The van der Waals surface area contributed by atoms with Crippen LogP contribution in [0.4, 0.5) is 23.5 Å². The Balaban J connectivity index is 1.36. The Morgan fingerprint density at radius 2 is 1.59 bits per heavy atom. The normalized spacial score (nSPS) is 19.7. The van der Waals surface area contributed by atoms with Gasteiger partial charge in [0.1, 0.15) is 0 Å². The first-order valence-corrected chi connectivity index (χ1v) is 13.0. The van der Waals surface area contributed by atoms with E-state index in [9.17, 15) is 0 Å². The molecule has 1 unspecified atom stereocenters. The number of nitrogens with one attached hydrogen (secondary N) is 3. The Labute approximate surface area is 202 Å². The molecule has 2 heterocycles. The molecule has 1 saturated heterocycles. The van der Waals surface area contributed by atoms with E-state index in [1.54, 1.807) is 0 Å². The molecule has 2 fully saturated rings. The number of rotatable bonds is 8.